The fraction of sp³-hybridized carbons (Fsp3) is 0.364. The molecule has 8 heteroatoms. The molecule has 0 aliphatic carbocycles. The molecule has 4 rings (SSSR count). The highest BCUT2D eigenvalue weighted by Crippen LogP contribution is 2.41. The Labute approximate surface area is 190 Å². The molecule has 5 nitrogen and oxygen atoms in total. The zero-order valence-corrected chi connectivity index (χ0v) is 19.2. The third-order valence-corrected chi connectivity index (χ3v) is 6.87. The normalized spacial score (nSPS) is 21.7. The van der Waals surface area contributed by atoms with E-state index in [-0.39, 0.29) is 17.9 Å². The van der Waals surface area contributed by atoms with Crippen LogP contribution in [0.25, 0.3) is 0 Å². The van der Waals surface area contributed by atoms with E-state index in [4.69, 9.17) is 23.2 Å². The Bertz CT molecular complexity index is 1000. The van der Waals surface area contributed by atoms with Gasteiger partial charge in [0.25, 0.3) is 5.91 Å². The van der Waals surface area contributed by atoms with E-state index in [9.17, 15) is 9.59 Å². The Morgan fingerprint density at radius 2 is 1.93 bits per heavy atom. The molecule has 1 saturated heterocycles. The van der Waals surface area contributed by atoms with Gasteiger partial charge in [0.15, 0.2) is 0 Å². The predicted molar refractivity (Wildman–Crippen MR) is 124 cm³/mol. The van der Waals surface area contributed by atoms with Crippen LogP contribution in [-0.2, 0) is 11.3 Å². The average Bonchev–Trinajstić information content (AvgIpc) is 2.99. The van der Waals surface area contributed by atoms with E-state index in [1.54, 1.807) is 17.8 Å². The molecule has 1 fully saturated rings. The molecule has 2 aliphatic heterocycles. The summed E-state index contributed by atoms with van der Waals surface area (Å²) < 4.78 is 0. The van der Waals surface area contributed by atoms with Crippen molar-refractivity contribution in [3.05, 3.63) is 63.1 Å². The number of nitrogens with zero attached hydrogens (tertiary/aromatic N) is 2. The maximum Gasteiger partial charge on any atom is 0.329 e. The maximum atomic E-state index is 13.1. The number of para-hydroxylation sites is 1. The molecule has 3 amide bonds. The SMILES string of the molecule is CSCC[C@@H]1NC(=O)N(c2ccccc2[C@@H]2CN(C)Cc3c(Cl)cc(Cl)cc32)C1=O. The second-order valence-electron chi connectivity index (χ2n) is 7.72. The van der Waals surface area contributed by atoms with E-state index in [1.165, 1.54) is 4.90 Å². The zero-order valence-electron chi connectivity index (χ0n) is 16.8. The van der Waals surface area contributed by atoms with E-state index in [1.807, 2.05) is 43.6 Å². The Balaban J connectivity index is 1.77. The average molecular weight is 464 g/mol. The topological polar surface area (TPSA) is 52.7 Å². The van der Waals surface area contributed by atoms with Gasteiger partial charge >= 0.3 is 6.03 Å². The molecule has 2 atom stereocenters. The first-order valence-corrected chi connectivity index (χ1v) is 11.9. The number of rotatable bonds is 5. The van der Waals surface area contributed by atoms with Gasteiger partial charge in [-0.05, 0) is 60.4 Å². The number of fused-ring (bicyclic) bond motifs is 1. The Morgan fingerprint density at radius 3 is 2.70 bits per heavy atom. The third kappa shape index (κ3) is 3.94. The van der Waals surface area contributed by atoms with E-state index >= 15 is 0 Å². The number of carbonyl (C=O) groups is 2. The van der Waals surface area contributed by atoms with Gasteiger partial charge in [0.05, 0.1) is 5.69 Å². The molecule has 2 aliphatic rings. The number of nitrogens with one attached hydrogen (secondary N) is 1. The van der Waals surface area contributed by atoms with Crippen LogP contribution < -0.4 is 10.2 Å². The number of hydrogen-bond acceptors (Lipinski definition) is 4. The molecule has 0 saturated carbocycles. The highest BCUT2D eigenvalue weighted by atomic mass is 35.5. The molecule has 0 aromatic heterocycles. The first-order chi connectivity index (χ1) is 14.4. The molecular weight excluding hydrogens is 441 g/mol. The molecule has 0 unspecified atom stereocenters. The van der Waals surface area contributed by atoms with Gasteiger partial charge in [0.2, 0.25) is 0 Å². The molecular formula is C22H23Cl2N3O2S. The Morgan fingerprint density at radius 1 is 1.17 bits per heavy atom. The molecule has 0 radical (unpaired) electrons. The summed E-state index contributed by atoms with van der Waals surface area (Å²) in [5.41, 5.74) is 3.61. The molecule has 30 heavy (non-hydrogen) atoms. The number of amides is 3. The summed E-state index contributed by atoms with van der Waals surface area (Å²) in [6.45, 7) is 1.46. The van der Waals surface area contributed by atoms with Gasteiger partial charge in [0, 0.05) is 29.1 Å². The lowest BCUT2D eigenvalue weighted by Gasteiger charge is -2.35. The van der Waals surface area contributed by atoms with Crippen LogP contribution in [0, 0.1) is 0 Å². The van der Waals surface area contributed by atoms with Crippen LogP contribution in [0.4, 0.5) is 10.5 Å². The van der Waals surface area contributed by atoms with E-state index in [0.29, 0.717) is 22.2 Å². The van der Waals surface area contributed by atoms with Gasteiger partial charge in [-0.3, -0.25) is 4.79 Å². The van der Waals surface area contributed by atoms with Crippen LogP contribution in [0.2, 0.25) is 10.0 Å². The monoisotopic (exact) mass is 463 g/mol. The molecule has 2 aromatic rings. The van der Waals surface area contributed by atoms with Crippen molar-refractivity contribution >= 4 is 52.6 Å². The molecule has 0 spiro atoms. The van der Waals surface area contributed by atoms with Crippen molar-refractivity contribution in [1.82, 2.24) is 10.2 Å². The number of imide groups is 1. The standard InChI is InChI=1S/C22H23Cl2N3O2S/c1-26-11-16(15-9-13(23)10-18(24)17(15)12-26)14-5-3-4-6-20(14)27-21(28)19(7-8-30-2)25-22(27)29/h3-6,9-10,16,19H,7-8,11-12H2,1-2H3,(H,25,29)/t16-,19-/m0/s1. The van der Waals surface area contributed by atoms with Gasteiger partial charge < -0.3 is 10.2 Å². The highest BCUT2D eigenvalue weighted by Gasteiger charge is 2.40. The number of urea groups is 1. The number of benzene rings is 2. The second kappa shape index (κ2) is 8.79. The predicted octanol–water partition coefficient (Wildman–Crippen LogP) is 4.75. The van der Waals surface area contributed by atoms with Gasteiger partial charge in [-0.25, -0.2) is 9.69 Å². The van der Waals surface area contributed by atoms with Crippen molar-refractivity contribution in [3.8, 4) is 0 Å². The lowest BCUT2D eigenvalue weighted by atomic mass is 9.83. The summed E-state index contributed by atoms with van der Waals surface area (Å²) in [6, 6.07) is 10.5. The van der Waals surface area contributed by atoms with Gasteiger partial charge in [-0.15, -0.1) is 0 Å². The number of anilines is 1. The highest BCUT2D eigenvalue weighted by molar-refractivity contribution is 7.98. The molecule has 1 N–H and O–H groups in total. The smallest absolute Gasteiger partial charge is 0.325 e. The van der Waals surface area contributed by atoms with Gasteiger partial charge in [0.1, 0.15) is 6.04 Å². The fourth-order valence-electron chi connectivity index (χ4n) is 4.29. The van der Waals surface area contributed by atoms with Crippen molar-refractivity contribution in [2.75, 3.05) is 30.5 Å². The van der Waals surface area contributed by atoms with Crippen LogP contribution >= 0.6 is 35.0 Å². The van der Waals surface area contributed by atoms with Crippen LogP contribution in [0.5, 0.6) is 0 Å². The van der Waals surface area contributed by atoms with Crippen molar-refractivity contribution in [1.29, 1.82) is 0 Å². The zero-order chi connectivity index (χ0) is 21.4. The van der Waals surface area contributed by atoms with Crippen LogP contribution in [0.15, 0.2) is 36.4 Å². The first-order valence-electron chi connectivity index (χ1n) is 9.79. The maximum absolute atomic E-state index is 13.1. The summed E-state index contributed by atoms with van der Waals surface area (Å²) in [5, 5.41) is 4.05. The summed E-state index contributed by atoms with van der Waals surface area (Å²) >= 11 is 14.5. The minimum atomic E-state index is -0.483. The van der Waals surface area contributed by atoms with Crippen LogP contribution in [-0.4, -0.2) is 48.5 Å². The van der Waals surface area contributed by atoms with Crippen molar-refractivity contribution in [2.24, 2.45) is 0 Å². The lowest BCUT2D eigenvalue weighted by Crippen LogP contribution is -2.35. The number of halogens is 2. The van der Waals surface area contributed by atoms with E-state index < -0.39 is 6.04 Å². The molecule has 0 bridgehead atoms. The van der Waals surface area contributed by atoms with Crippen molar-refractivity contribution < 1.29 is 9.59 Å². The molecule has 158 valence electrons. The first kappa shape index (κ1) is 21.5. The van der Waals surface area contributed by atoms with E-state index in [2.05, 4.69) is 10.2 Å². The minimum Gasteiger partial charge on any atom is -0.325 e. The fourth-order valence-corrected chi connectivity index (χ4v) is 5.33. The van der Waals surface area contributed by atoms with Crippen molar-refractivity contribution in [3.63, 3.8) is 0 Å². The van der Waals surface area contributed by atoms with Gasteiger partial charge in [-0.2, -0.15) is 11.8 Å². The molecule has 2 heterocycles. The molecule has 2 aromatic carbocycles. The van der Waals surface area contributed by atoms with Gasteiger partial charge in [-0.1, -0.05) is 41.4 Å². The quantitative estimate of drug-likeness (QED) is 0.649. The number of hydrogen-bond donors (Lipinski definition) is 1. The largest absolute Gasteiger partial charge is 0.329 e. The van der Waals surface area contributed by atoms with Crippen LogP contribution in [0.1, 0.15) is 29.0 Å². The number of thioether (sulfide) groups is 1. The summed E-state index contributed by atoms with van der Waals surface area (Å²) in [6.07, 6.45) is 2.60. The Hall–Kier alpha value is -1.73. The Kier molecular flexibility index (Phi) is 6.30. The minimum absolute atomic E-state index is 0.0583. The summed E-state index contributed by atoms with van der Waals surface area (Å²) in [5.74, 6) is 0.552. The van der Waals surface area contributed by atoms with E-state index in [0.717, 1.165) is 35.5 Å². The second-order valence-corrected chi connectivity index (χ2v) is 9.55. The number of likely N-dealkylation sites (N-methyl/N-ethyl adjacent to an activating group) is 1. The summed E-state index contributed by atoms with van der Waals surface area (Å²) in [4.78, 5) is 29.3. The van der Waals surface area contributed by atoms with Crippen molar-refractivity contribution in [2.45, 2.75) is 24.9 Å². The summed E-state index contributed by atoms with van der Waals surface area (Å²) in [7, 11) is 2.04. The van der Waals surface area contributed by atoms with Crippen LogP contribution in [0.3, 0.4) is 0 Å². The number of carbonyl (C=O) groups excluding carboxylic acids is 2. The lowest BCUT2D eigenvalue weighted by molar-refractivity contribution is -0.118. The third-order valence-electron chi connectivity index (χ3n) is 5.68.